The predicted octanol–water partition coefficient (Wildman–Crippen LogP) is 5.18. The van der Waals surface area contributed by atoms with Crippen molar-refractivity contribution in [3.05, 3.63) is 53.6 Å². The highest BCUT2D eigenvalue weighted by atomic mass is 16.5. The van der Waals surface area contributed by atoms with E-state index in [0.717, 1.165) is 5.92 Å². The van der Waals surface area contributed by atoms with E-state index < -0.39 is 0 Å². The van der Waals surface area contributed by atoms with Crippen LogP contribution in [0, 0.1) is 5.92 Å². The first-order valence-electron chi connectivity index (χ1n) is 8.62. The first-order valence-corrected chi connectivity index (χ1v) is 8.62. The molecule has 0 heterocycles. The maximum Gasteiger partial charge on any atom is 0.310 e. The Kier molecular flexibility index (Phi) is 4.80. The molecule has 1 unspecified atom stereocenters. The summed E-state index contributed by atoms with van der Waals surface area (Å²) in [6.45, 7) is 4.09. The van der Waals surface area contributed by atoms with Gasteiger partial charge in [0.05, 0.1) is 0 Å². The molecule has 0 aromatic heterocycles. The lowest BCUT2D eigenvalue weighted by molar-refractivity contribution is -0.134. The van der Waals surface area contributed by atoms with Crippen LogP contribution >= 0.6 is 0 Å². The third-order valence-corrected chi connectivity index (χ3v) is 4.82. The third-order valence-electron chi connectivity index (χ3n) is 4.82. The van der Waals surface area contributed by atoms with E-state index in [9.17, 15) is 4.79 Å². The van der Waals surface area contributed by atoms with Gasteiger partial charge in [0.2, 0.25) is 0 Å². The van der Waals surface area contributed by atoms with Crippen LogP contribution in [0.3, 0.4) is 0 Å². The Morgan fingerprint density at radius 3 is 2.48 bits per heavy atom. The van der Waals surface area contributed by atoms with E-state index in [1.165, 1.54) is 47.9 Å². The number of carbonyl (C=O) groups is 1. The van der Waals surface area contributed by atoms with Crippen LogP contribution in [0.25, 0.3) is 11.1 Å². The molecule has 0 spiro atoms. The minimum Gasteiger partial charge on any atom is -0.427 e. The van der Waals surface area contributed by atoms with Crippen molar-refractivity contribution in [3.63, 3.8) is 0 Å². The summed E-state index contributed by atoms with van der Waals surface area (Å²) in [6.07, 6.45) is 5.38. The van der Waals surface area contributed by atoms with Gasteiger partial charge in [-0.3, -0.25) is 4.79 Å². The van der Waals surface area contributed by atoms with E-state index in [2.05, 4.69) is 25.1 Å². The molecule has 0 fully saturated rings. The van der Waals surface area contributed by atoms with Gasteiger partial charge in [-0.2, -0.15) is 0 Å². The second kappa shape index (κ2) is 6.99. The summed E-state index contributed by atoms with van der Waals surface area (Å²) >= 11 is 0. The van der Waals surface area contributed by atoms with Crippen molar-refractivity contribution < 1.29 is 9.53 Å². The van der Waals surface area contributed by atoms with Crippen molar-refractivity contribution in [1.82, 2.24) is 0 Å². The number of hydrogen-bond acceptors (Lipinski definition) is 2. The number of ether oxygens (including phenoxy) is 1. The fourth-order valence-electron chi connectivity index (χ4n) is 3.28. The fourth-order valence-corrected chi connectivity index (χ4v) is 3.28. The lowest BCUT2D eigenvalue weighted by atomic mass is 9.81. The lowest BCUT2D eigenvalue weighted by Gasteiger charge is -2.24. The molecule has 2 heteroatoms. The second-order valence-corrected chi connectivity index (χ2v) is 6.35. The molecule has 1 aliphatic carbocycles. The number of esters is 1. The highest BCUT2D eigenvalue weighted by molar-refractivity contribution is 5.72. The summed E-state index contributed by atoms with van der Waals surface area (Å²) in [4.78, 5) is 11.3. The Morgan fingerprint density at radius 2 is 1.78 bits per heavy atom. The molecule has 0 aliphatic heterocycles. The highest BCUT2D eigenvalue weighted by Gasteiger charge is 2.17. The first-order chi connectivity index (χ1) is 11.2. The van der Waals surface area contributed by atoms with Crippen molar-refractivity contribution in [2.24, 2.45) is 5.92 Å². The van der Waals surface area contributed by atoms with E-state index in [1.807, 2.05) is 24.3 Å². The van der Waals surface area contributed by atoms with E-state index in [-0.39, 0.29) is 5.97 Å². The molecule has 1 atom stereocenters. The molecule has 3 rings (SSSR count). The molecule has 0 radical (unpaired) electrons. The zero-order valence-corrected chi connectivity index (χ0v) is 14.0. The van der Waals surface area contributed by atoms with Gasteiger partial charge in [-0.05, 0) is 59.6 Å². The molecule has 1 aliphatic rings. The zero-order valence-electron chi connectivity index (χ0n) is 14.0. The van der Waals surface area contributed by atoms with Gasteiger partial charge in [0.25, 0.3) is 0 Å². The number of benzene rings is 2. The molecule has 0 N–H and O–H groups in total. The van der Waals surface area contributed by atoms with Gasteiger partial charge in [-0.25, -0.2) is 0 Å². The smallest absolute Gasteiger partial charge is 0.310 e. The van der Waals surface area contributed by atoms with Crippen molar-refractivity contribution in [1.29, 1.82) is 0 Å². The van der Waals surface area contributed by atoms with Crippen molar-refractivity contribution in [3.8, 4) is 16.9 Å². The average molecular weight is 308 g/mol. The molecule has 0 saturated carbocycles. The molecule has 23 heavy (non-hydrogen) atoms. The second-order valence-electron chi connectivity index (χ2n) is 6.35. The number of carbonyl (C=O) groups excluding carboxylic acids is 1. The number of hydrogen-bond donors (Lipinski definition) is 0. The zero-order chi connectivity index (χ0) is 16.2. The summed E-state index contributed by atoms with van der Waals surface area (Å²) in [7, 11) is 0. The Hall–Kier alpha value is -2.09. The lowest BCUT2D eigenvalue weighted by Crippen LogP contribution is -2.13. The van der Waals surface area contributed by atoms with Crippen molar-refractivity contribution >= 4 is 5.97 Å². The van der Waals surface area contributed by atoms with Gasteiger partial charge in [-0.15, -0.1) is 0 Å². The average Bonchev–Trinajstić information content (AvgIpc) is 2.61. The van der Waals surface area contributed by atoms with Crippen LogP contribution in [0.1, 0.15) is 44.2 Å². The number of aryl methyl sites for hydroxylation is 1. The maximum absolute atomic E-state index is 11.3. The number of rotatable bonds is 4. The molecule has 2 aromatic carbocycles. The third kappa shape index (κ3) is 3.64. The van der Waals surface area contributed by atoms with Crippen LogP contribution in [-0.4, -0.2) is 5.97 Å². The summed E-state index contributed by atoms with van der Waals surface area (Å²) in [5.41, 5.74) is 5.42. The topological polar surface area (TPSA) is 26.3 Å². The molecular formula is C21H24O2. The van der Waals surface area contributed by atoms with Gasteiger partial charge >= 0.3 is 5.97 Å². The summed E-state index contributed by atoms with van der Waals surface area (Å²) in [6, 6.07) is 14.6. The van der Waals surface area contributed by atoms with E-state index >= 15 is 0 Å². The van der Waals surface area contributed by atoms with Gasteiger partial charge in [0.15, 0.2) is 0 Å². The molecule has 0 bridgehead atoms. The quantitative estimate of drug-likeness (QED) is 0.574. The standard InChI is InChI=1S/C21H24O2/c1-3-15-5-6-19-14-18(8-7-17(19)13-15)16-9-11-20(12-10-16)23-21(22)4-2/h7-12,14-15H,3-6,13H2,1-2H3. The van der Waals surface area contributed by atoms with Crippen LogP contribution in [0.2, 0.25) is 0 Å². The van der Waals surface area contributed by atoms with Crippen LogP contribution in [-0.2, 0) is 17.6 Å². The molecule has 120 valence electrons. The molecule has 0 saturated heterocycles. The minimum atomic E-state index is -0.197. The van der Waals surface area contributed by atoms with Crippen molar-refractivity contribution in [2.75, 3.05) is 0 Å². The van der Waals surface area contributed by atoms with E-state index in [1.54, 1.807) is 6.92 Å². The van der Waals surface area contributed by atoms with Crippen LogP contribution < -0.4 is 4.74 Å². The SMILES string of the molecule is CCC(=O)Oc1ccc(-c2ccc3c(c2)CCC(CC)C3)cc1. The van der Waals surface area contributed by atoms with Gasteiger partial charge in [0, 0.05) is 6.42 Å². The molecular weight excluding hydrogens is 284 g/mol. The minimum absolute atomic E-state index is 0.197. The Labute approximate surface area is 138 Å². The summed E-state index contributed by atoms with van der Waals surface area (Å²) < 4.78 is 5.23. The van der Waals surface area contributed by atoms with E-state index in [0.29, 0.717) is 12.2 Å². The van der Waals surface area contributed by atoms with Crippen LogP contribution in [0.5, 0.6) is 5.75 Å². The Bertz CT molecular complexity index is 685. The van der Waals surface area contributed by atoms with E-state index in [4.69, 9.17) is 4.74 Å². The van der Waals surface area contributed by atoms with Gasteiger partial charge < -0.3 is 4.74 Å². The maximum atomic E-state index is 11.3. The monoisotopic (exact) mass is 308 g/mol. The Balaban J connectivity index is 1.78. The van der Waals surface area contributed by atoms with Crippen molar-refractivity contribution in [2.45, 2.75) is 46.0 Å². The van der Waals surface area contributed by atoms with Gasteiger partial charge in [0.1, 0.15) is 5.75 Å². The van der Waals surface area contributed by atoms with Crippen LogP contribution in [0.4, 0.5) is 0 Å². The predicted molar refractivity (Wildman–Crippen MR) is 93.6 cm³/mol. The first kappa shape index (κ1) is 15.8. The summed E-state index contributed by atoms with van der Waals surface area (Å²) in [5, 5.41) is 0. The molecule has 2 nitrogen and oxygen atoms in total. The fraction of sp³-hybridized carbons (Fsp3) is 0.381. The molecule has 2 aromatic rings. The van der Waals surface area contributed by atoms with Gasteiger partial charge in [-0.1, -0.05) is 50.6 Å². The molecule has 0 amide bonds. The normalized spacial score (nSPS) is 16.7. The number of fused-ring (bicyclic) bond motifs is 1. The highest BCUT2D eigenvalue weighted by Crippen LogP contribution is 2.31. The largest absolute Gasteiger partial charge is 0.427 e. The Morgan fingerprint density at radius 1 is 1.04 bits per heavy atom. The van der Waals surface area contributed by atoms with Crippen LogP contribution in [0.15, 0.2) is 42.5 Å². The summed E-state index contributed by atoms with van der Waals surface area (Å²) in [5.74, 6) is 1.27.